The van der Waals surface area contributed by atoms with E-state index >= 15 is 0 Å². The van der Waals surface area contributed by atoms with E-state index in [2.05, 4.69) is 15.2 Å². The van der Waals surface area contributed by atoms with Crippen LogP contribution in [-0.2, 0) is 6.18 Å². The zero-order chi connectivity index (χ0) is 20.7. The van der Waals surface area contributed by atoms with E-state index in [1.807, 2.05) is 0 Å². The van der Waals surface area contributed by atoms with Crippen molar-refractivity contribution in [3.63, 3.8) is 0 Å². The molecule has 1 aliphatic heterocycles. The summed E-state index contributed by atoms with van der Waals surface area (Å²) in [4.78, 5) is 5.55. The zero-order valence-corrected chi connectivity index (χ0v) is 14.7. The molecule has 1 aromatic heterocycles. The van der Waals surface area contributed by atoms with Gasteiger partial charge in [0.05, 0.1) is 17.8 Å². The average molecular weight is 404 g/mol. The lowest BCUT2D eigenvalue weighted by Crippen LogP contribution is -2.53. The van der Waals surface area contributed by atoms with Gasteiger partial charge in [0.1, 0.15) is 17.0 Å². The summed E-state index contributed by atoms with van der Waals surface area (Å²) in [5.74, 6) is -0.613. The number of alkyl halides is 5. The number of benzene rings is 1. The summed E-state index contributed by atoms with van der Waals surface area (Å²) in [5, 5.41) is 27.7. The predicted octanol–water partition coefficient (Wildman–Crippen LogP) is 3.17. The molecule has 0 unspecified atom stereocenters. The van der Waals surface area contributed by atoms with Gasteiger partial charge in [0.2, 0.25) is 5.95 Å². The van der Waals surface area contributed by atoms with Gasteiger partial charge in [0.15, 0.2) is 0 Å². The molecule has 28 heavy (non-hydrogen) atoms. The molecule has 152 valence electrons. The second-order valence-electron chi connectivity index (χ2n) is 6.70. The van der Waals surface area contributed by atoms with Crippen LogP contribution < -0.4 is 4.90 Å². The number of phenols is 1. The van der Waals surface area contributed by atoms with Crippen LogP contribution in [0.15, 0.2) is 18.2 Å². The first-order valence-corrected chi connectivity index (χ1v) is 8.38. The van der Waals surface area contributed by atoms with Crippen molar-refractivity contribution in [2.24, 2.45) is 0 Å². The third kappa shape index (κ3) is 3.84. The number of hydrogen-bond acceptors (Lipinski definition) is 6. The van der Waals surface area contributed by atoms with Crippen LogP contribution in [0.1, 0.15) is 24.1 Å². The number of β-amino-alcohol motifs (C(OH)–C–C–N with tert-alkyl or cyclic N) is 1. The molecule has 0 amide bonds. The van der Waals surface area contributed by atoms with Gasteiger partial charge >= 0.3 is 6.18 Å². The number of anilines is 1. The molecule has 1 aromatic carbocycles. The van der Waals surface area contributed by atoms with Gasteiger partial charge in [0.25, 0.3) is 6.43 Å². The van der Waals surface area contributed by atoms with Gasteiger partial charge in [-0.25, -0.2) is 13.8 Å². The minimum absolute atomic E-state index is 0.0137. The van der Waals surface area contributed by atoms with Crippen molar-refractivity contribution in [3.8, 4) is 17.0 Å². The molecule has 1 aliphatic rings. The molecule has 2 heterocycles. The van der Waals surface area contributed by atoms with Crippen molar-refractivity contribution in [1.29, 1.82) is 0 Å². The number of nitrogens with zero attached hydrogens (tertiary/aromatic N) is 4. The van der Waals surface area contributed by atoms with E-state index in [-0.39, 0.29) is 35.9 Å². The quantitative estimate of drug-likeness (QED) is 0.765. The van der Waals surface area contributed by atoms with Gasteiger partial charge in [-0.1, -0.05) is 0 Å². The van der Waals surface area contributed by atoms with Crippen molar-refractivity contribution in [1.82, 2.24) is 15.2 Å². The second-order valence-corrected chi connectivity index (χ2v) is 6.70. The molecule has 3 rings (SSSR count). The Hall–Kier alpha value is -2.56. The Kier molecular flexibility index (Phi) is 5.13. The molecule has 0 radical (unpaired) electrons. The molecule has 0 spiro atoms. The summed E-state index contributed by atoms with van der Waals surface area (Å²) in [5.41, 5.74) is -2.86. The van der Waals surface area contributed by atoms with Crippen LogP contribution in [0.5, 0.6) is 5.75 Å². The first-order valence-electron chi connectivity index (χ1n) is 8.38. The molecule has 11 heteroatoms. The summed E-state index contributed by atoms with van der Waals surface area (Å²) in [6, 6.07) is 2.45. The largest absolute Gasteiger partial charge is 0.507 e. The highest BCUT2D eigenvalue weighted by Crippen LogP contribution is 2.37. The molecule has 6 nitrogen and oxygen atoms in total. The van der Waals surface area contributed by atoms with Crippen LogP contribution in [0, 0.1) is 6.92 Å². The number of piperidine rings is 1. The lowest BCUT2D eigenvalue weighted by atomic mass is 9.93. The van der Waals surface area contributed by atoms with E-state index in [1.165, 1.54) is 11.8 Å². The van der Waals surface area contributed by atoms with Crippen LogP contribution in [-0.4, -0.2) is 50.5 Å². The first kappa shape index (κ1) is 20.2. The summed E-state index contributed by atoms with van der Waals surface area (Å²) in [6.07, 6.45) is -7.27. The topological polar surface area (TPSA) is 82.4 Å². The number of halogens is 5. The van der Waals surface area contributed by atoms with Crippen molar-refractivity contribution in [2.45, 2.75) is 38.0 Å². The monoisotopic (exact) mass is 404 g/mol. The number of aryl methyl sites for hydroxylation is 1. The molecule has 1 fully saturated rings. The van der Waals surface area contributed by atoms with Gasteiger partial charge in [-0.3, -0.25) is 0 Å². The Balaban J connectivity index is 1.89. The molecule has 2 aromatic rings. The van der Waals surface area contributed by atoms with Gasteiger partial charge in [-0.2, -0.15) is 13.2 Å². The highest BCUT2D eigenvalue weighted by molar-refractivity contribution is 5.69. The third-order valence-corrected chi connectivity index (χ3v) is 4.62. The molecule has 0 aliphatic carbocycles. The fourth-order valence-corrected chi connectivity index (χ4v) is 3.10. The van der Waals surface area contributed by atoms with Gasteiger partial charge in [-0.05, 0) is 38.0 Å². The van der Waals surface area contributed by atoms with Crippen LogP contribution >= 0.6 is 0 Å². The first-order chi connectivity index (χ1) is 13.0. The van der Waals surface area contributed by atoms with Crippen molar-refractivity contribution >= 4 is 5.95 Å². The molecule has 2 N–H and O–H groups in total. The van der Waals surface area contributed by atoms with E-state index in [9.17, 15) is 32.2 Å². The Labute approximate surface area is 156 Å². The fourth-order valence-electron chi connectivity index (χ4n) is 3.10. The number of aliphatic hydroxyl groups is 1. The average Bonchev–Trinajstić information content (AvgIpc) is 2.61. The highest BCUT2D eigenvalue weighted by Gasteiger charge is 2.42. The molecular weight excluding hydrogens is 387 g/mol. The maximum Gasteiger partial charge on any atom is 0.416 e. The predicted molar refractivity (Wildman–Crippen MR) is 89.1 cm³/mol. The highest BCUT2D eigenvalue weighted by atomic mass is 19.4. The number of rotatable bonds is 3. The van der Waals surface area contributed by atoms with E-state index in [1.54, 1.807) is 0 Å². The maximum absolute atomic E-state index is 13.1. The number of phenolic OH excluding ortho intramolecular Hbond substituents is 1. The molecule has 1 saturated heterocycles. The van der Waals surface area contributed by atoms with Gasteiger partial charge in [0, 0.05) is 12.1 Å². The summed E-state index contributed by atoms with van der Waals surface area (Å²) < 4.78 is 64.3. The second kappa shape index (κ2) is 7.12. The van der Waals surface area contributed by atoms with Crippen molar-refractivity contribution in [2.75, 3.05) is 18.0 Å². The Morgan fingerprint density at radius 2 is 1.93 bits per heavy atom. The SMILES string of the molecule is Cc1nc(N2CCC[C@](O)(C(F)F)C2)nnc1-c1ccc(C(F)(F)F)cc1O. The summed E-state index contributed by atoms with van der Waals surface area (Å²) in [6.45, 7) is 1.49. The molecule has 1 atom stereocenters. The van der Waals surface area contributed by atoms with Crippen molar-refractivity contribution in [3.05, 3.63) is 29.5 Å². The summed E-state index contributed by atoms with van der Waals surface area (Å²) in [7, 11) is 0. The number of aromatic hydroxyl groups is 1. The third-order valence-electron chi connectivity index (χ3n) is 4.62. The lowest BCUT2D eigenvalue weighted by molar-refractivity contribution is -0.137. The molecular formula is C17H17F5N4O2. The maximum atomic E-state index is 13.1. The Morgan fingerprint density at radius 3 is 2.50 bits per heavy atom. The lowest BCUT2D eigenvalue weighted by Gasteiger charge is -2.38. The van der Waals surface area contributed by atoms with Crippen LogP contribution in [0.4, 0.5) is 27.9 Å². The van der Waals surface area contributed by atoms with E-state index in [4.69, 9.17) is 0 Å². The molecule has 0 saturated carbocycles. The summed E-state index contributed by atoms with van der Waals surface area (Å²) >= 11 is 0. The Bertz CT molecular complexity index is 877. The van der Waals surface area contributed by atoms with Crippen molar-refractivity contribution < 1.29 is 32.2 Å². The molecule has 0 bridgehead atoms. The minimum Gasteiger partial charge on any atom is -0.507 e. The normalized spacial score (nSPS) is 20.6. The smallest absolute Gasteiger partial charge is 0.416 e. The minimum atomic E-state index is -4.60. The van der Waals surface area contributed by atoms with Crippen LogP contribution in [0.3, 0.4) is 0 Å². The van der Waals surface area contributed by atoms with Crippen LogP contribution in [0.25, 0.3) is 11.3 Å². The van der Waals surface area contributed by atoms with E-state index in [0.29, 0.717) is 19.0 Å². The zero-order valence-electron chi connectivity index (χ0n) is 14.7. The number of hydrogen-bond donors (Lipinski definition) is 2. The fraction of sp³-hybridized carbons (Fsp3) is 0.471. The van der Waals surface area contributed by atoms with E-state index < -0.39 is 29.5 Å². The van der Waals surface area contributed by atoms with Gasteiger partial charge < -0.3 is 15.1 Å². The van der Waals surface area contributed by atoms with Gasteiger partial charge in [-0.15, -0.1) is 10.2 Å². The standard InChI is InChI=1S/C17H17F5N4O2/c1-9-13(11-4-3-10(7-12(11)27)17(20,21)22)24-25-15(23-9)26-6-2-5-16(28,8-26)14(18)19/h3-4,7,14,27-28H,2,5-6,8H2,1H3/t16-/m1/s1. The Morgan fingerprint density at radius 1 is 1.21 bits per heavy atom. The van der Waals surface area contributed by atoms with Crippen LogP contribution in [0.2, 0.25) is 0 Å². The van der Waals surface area contributed by atoms with E-state index in [0.717, 1.165) is 12.1 Å². The number of aromatic nitrogens is 3.